The Balaban J connectivity index is 1.85. The molecule has 3 aromatic rings. The van der Waals surface area contributed by atoms with Crippen molar-refractivity contribution in [1.82, 2.24) is 0 Å². The van der Waals surface area contributed by atoms with Crippen LogP contribution in [0.15, 0.2) is 70.1 Å². The fraction of sp³-hybridized carbons (Fsp3) is 0.0476. The molecule has 3 rings (SSSR count). The van der Waals surface area contributed by atoms with Crippen LogP contribution in [0, 0.1) is 6.92 Å². The largest absolute Gasteiger partial charge is 0.504 e. The van der Waals surface area contributed by atoms with Crippen molar-refractivity contribution in [1.29, 1.82) is 0 Å². The van der Waals surface area contributed by atoms with Crippen molar-refractivity contribution in [2.45, 2.75) is 6.92 Å². The number of carbonyl (C=O) groups excluding carboxylic acids is 1. The van der Waals surface area contributed by atoms with E-state index in [1.807, 2.05) is 19.1 Å². The van der Waals surface area contributed by atoms with E-state index in [1.54, 1.807) is 42.5 Å². The number of aliphatic imine (C=N–C) groups is 1. The third kappa shape index (κ3) is 4.96. The highest BCUT2D eigenvalue weighted by Crippen LogP contribution is 2.34. The molecule has 0 aliphatic rings. The van der Waals surface area contributed by atoms with Crippen LogP contribution in [-0.2, 0) is 0 Å². The Hall–Kier alpha value is -2.63. The number of phenols is 1. The first-order chi connectivity index (χ1) is 12.9. The van der Waals surface area contributed by atoms with Crippen molar-refractivity contribution in [2.75, 3.05) is 0 Å². The summed E-state index contributed by atoms with van der Waals surface area (Å²) < 4.78 is 6.01. The zero-order valence-electron chi connectivity index (χ0n) is 14.3. The van der Waals surface area contributed by atoms with Gasteiger partial charge in [0.15, 0.2) is 11.5 Å². The number of nitrogens with zero attached hydrogens (tertiary/aromatic N) is 1. The maximum atomic E-state index is 12.3. The van der Waals surface area contributed by atoms with Crippen molar-refractivity contribution in [3.63, 3.8) is 0 Å². The van der Waals surface area contributed by atoms with E-state index in [-0.39, 0.29) is 11.5 Å². The van der Waals surface area contributed by atoms with Gasteiger partial charge >= 0.3 is 5.97 Å². The Morgan fingerprint density at radius 3 is 2.44 bits per heavy atom. The number of hydrogen-bond donors (Lipinski definition) is 1. The highest BCUT2D eigenvalue weighted by Gasteiger charge is 2.15. The van der Waals surface area contributed by atoms with E-state index in [1.165, 1.54) is 12.3 Å². The highest BCUT2D eigenvalue weighted by atomic mass is 79.9. The van der Waals surface area contributed by atoms with Gasteiger partial charge in [-0.15, -0.1) is 0 Å². The number of aryl methyl sites for hydroxylation is 1. The average molecular weight is 445 g/mol. The minimum atomic E-state index is -0.552. The van der Waals surface area contributed by atoms with Crippen LogP contribution in [0.4, 0.5) is 5.69 Å². The van der Waals surface area contributed by atoms with Gasteiger partial charge in [-0.3, -0.25) is 4.99 Å². The molecule has 1 N–H and O–H groups in total. The zero-order chi connectivity index (χ0) is 19.4. The van der Waals surface area contributed by atoms with E-state index in [0.717, 1.165) is 5.56 Å². The Labute approximate surface area is 170 Å². The van der Waals surface area contributed by atoms with Crippen LogP contribution in [0.25, 0.3) is 0 Å². The van der Waals surface area contributed by atoms with E-state index in [2.05, 4.69) is 20.9 Å². The van der Waals surface area contributed by atoms with Crippen molar-refractivity contribution >= 4 is 45.4 Å². The van der Waals surface area contributed by atoms with Crippen LogP contribution >= 0.6 is 27.5 Å². The summed E-state index contributed by atoms with van der Waals surface area (Å²) in [5.41, 5.74) is 2.52. The van der Waals surface area contributed by atoms with Crippen molar-refractivity contribution < 1.29 is 14.6 Å². The Kier molecular flexibility index (Phi) is 5.94. The summed E-state index contributed by atoms with van der Waals surface area (Å²) in [4.78, 5) is 16.6. The number of ether oxygens (including phenoxy) is 1. The first kappa shape index (κ1) is 19.1. The maximum absolute atomic E-state index is 12.3. The summed E-state index contributed by atoms with van der Waals surface area (Å²) in [6.45, 7) is 1.93. The lowest BCUT2D eigenvalue weighted by Gasteiger charge is -2.09. The predicted molar refractivity (Wildman–Crippen MR) is 111 cm³/mol. The van der Waals surface area contributed by atoms with Gasteiger partial charge in [0, 0.05) is 21.3 Å². The Morgan fingerprint density at radius 2 is 1.78 bits per heavy atom. The Bertz CT molecular complexity index is 999. The number of aromatic hydroxyl groups is 1. The van der Waals surface area contributed by atoms with Gasteiger partial charge in [-0.05, 0) is 55.5 Å². The standard InChI is InChI=1S/C21H15BrClNO3/c1-13-2-4-14(5-3-13)21(26)27-19-11-16(22)10-15(20(19)25)12-24-18-8-6-17(23)7-9-18/h2-12,25H,1H3. The molecule has 136 valence electrons. The van der Waals surface area contributed by atoms with Crippen LogP contribution in [-0.4, -0.2) is 17.3 Å². The molecule has 0 heterocycles. The Morgan fingerprint density at radius 1 is 1.11 bits per heavy atom. The van der Waals surface area contributed by atoms with Crippen LogP contribution in [0.3, 0.4) is 0 Å². The third-order valence-electron chi connectivity index (χ3n) is 3.74. The van der Waals surface area contributed by atoms with E-state index in [0.29, 0.717) is 26.3 Å². The maximum Gasteiger partial charge on any atom is 0.343 e. The molecule has 0 fully saturated rings. The van der Waals surface area contributed by atoms with Gasteiger partial charge in [-0.25, -0.2) is 4.79 Å². The topological polar surface area (TPSA) is 58.9 Å². The quantitative estimate of drug-likeness (QED) is 0.301. The first-order valence-electron chi connectivity index (χ1n) is 8.03. The van der Waals surface area contributed by atoms with Gasteiger partial charge < -0.3 is 9.84 Å². The summed E-state index contributed by atoms with van der Waals surface area (Å²) in [6.07, 6.45) is 1.49. The molecule has 0 bridgehead atoms. The molecular formula is C21H15BrClNO3. The normalized spacial score (nSPS) is 10.9. The van der Waals surface area contributed by atoms with Gasteiger partial charge in [0.1, 0.15) is 0 Å². The van der Waals surface area contributed by atoms with E-state index in [9.17, 15) is 9.90 Å². The van der Waals surface area contributed by atoms with Crippen LogP contribution in [0.1, 0.15) is 21.5 Å². The molecular weight excluding hydrogens is 430 g/mol. The number of rotatable bonds is 4. The van der Waals surface area contributed by atoms with Gasteiger partial charge in [-0.1, -0.05) is 45.2 Å². The second-order valence-electron chi connectivity index (χ2n) is 5.83. The van der Waals surface area contributed by atoms with Gasteiger partial charge in [0.05, 0.1) is 11.3 Å². The smallest absolute Gasteiger partial charge is 0.343 e. The van der Waals surface area contributed by atoms with E-state index >= 15 is 0 Å². The van der Waals surface area contributed by atoms with Gasteiger partial charge in [0.2, 0.25) is 0 Å². The summed E-state index contributed by atoms with van der Waals surface area (Å²) in [6, 6.07) is 17.2. The van der Waals surface area contributed by atoms with Crippen molar-refractivity contribution in [3.8, 4) is 11.5 Å². The lowest BCUT2D eigenvalue weighted by Crippen LogP contribution is -2.09. The second kappa shape index (κ2) is 8.37. The molecule has 0 atom stereocenters. The number of esters is 1. The third-order valence-corrected chi connectivity index (χ3v) is 4.45. The fourth-order valence-corrected chi connectivity index (χ4v) is 2.87. The fourth-order valence-electron chi connectivity index (χ4n) is 2.29. The summed E-state index contributed by atoms with van der Waals surface area (Å²) in [5, 5.41) is 11.1. The molecule has 0 aliphatic heterocycles. The van der Waals surface area contributed by atoms with Crippen molar-refractivity contribution in [3.05, 3.63) is 86.8 Å². The average Bonchev–Trinajstić information content (AvgIpc) is 2.65. The van der Waals surface area contributed by atoms with Crippen LogP contribution < -0.4 is 4.74 Å². The molecule has 0 saturated carbocycles. The number of benzene rings is 3. The molecule has 0 amide bonds. The van der Waals surface area contributed by atoms with Crippen LogP contribution in [0.5, 0.6) is 11.5 Å². The molecule has 4 nitrogen and oxygen atoms in total. The number of carbonyl (C=O) groups is 1. The van der Waals surface area contributed by atoms with Crippen LogP contribution in [0.2, 0.25) is 5.02 Å². The highest BCUT2D eigenvalue weighted by molar-refractivity contribution is 9.10. The van der Waals surface area contributed by atoms with Gasteiger partial charge in [-0.2, -0.15) is 0 Å². The zero-order valence-corrected chi connectivity index (χ0v) is 16.7. The van der Waals surface area contributed by atoms with E-state index < -0.39 is 5.97 Å². The number of halogens is 2. The lowest BCUT2D eigenvalue weighted by atomic mass is 10.1. The number of phenolic OH excluding ortho intramolecular Hbond substituents is 1. The molecule has 27 heavy (non-hydrogen) atoms. The number of hydrogen-bond acceptors (Lipinski definition) is 4. The monoisotopic (exact) mass is 443 g/mol. The lowest BCUT2D eigenvalue weighted by molar-refractivity contribution is 0.0729. The summed E-state index contributed by atoms with van der Waals surface area (Å²) >= 11 is 9.21. The molecule has 3 aromatic carbocycles. The minimum Gasteiger partial charge on any atom is -0.504 e. The minimum absolute atomic E-state index is 0.0486. The van der Waals surface area contributed by atoms with Crippen molar-refractivity contribution in [2.24, 2.45) is 4.99 Å². The molecule has 0 unspecified atom stereocenters. The molecule has 0 spiro atoms. The molecule has 0 aliphatic carbocycles. The predicted octanol–water partition coefficient (Wildman–Crippen LogP) is 6.09. The molecule has 0 aromatic heterocycles. The van der Waals surface area contributed by atoms with Gasteiger partial charge in [0.25, 0.3) is 0 Å². The molecule has 0 radical (unpaired) electrons. The SMILES string of the molecule is Cc1ccc(C(=O)Oc2cc(Br)cc(C=Nc3ccc(Cl)cc3)c2O)cc1. The molecule has 6 heteroatoms. The van der Waals surface area contributed by atoms with E-state index in [4.69, 9.17) is 16.3 Å². The summed E-state index contributed by atoms with van der Waals surface area (Å²) in [7, 11) is 0. The molecule has 0 saturated heterocycles. The first-order valence-corrected chi connectivity index (χ1v) is 9.20. The second-order valence-corrected chi connectivity index (χ2v) is 7.18. The summed E-state index contributed by atoms with van der Waals surface area (Å²) in [5.74, 6) is -0.673.